The molecule has 1 aliphatic rings. The summed E-state index contributed by atoms with van der Waals surface area (Å²) in [6.45, 7) is 3.67. The summed E-state index contributed by atoms with van der Waals surface area (Å²) in [5, 5.41) is 7.61. The topological polar surface area (TPSA) is 54.6 Å². The van der Waals surface area contributed by atoms with Gasteiger partial charge in [0, 0.05) is 25.3 Å². The van der Waals surface area contributed by atoms with Crippen molar-refractivity contribution >= 4 is 5.65 Å². The number of likely N-dealkylation sites (N-methyl/N-ethyl adjacent to an activating group) is 1. The van der Waals surface area contributed by atoms with E-state index < -0.39 is 0 Å². The molecule has 0 saturated carbocycles. The third-order valence-electron chi connectivity index (χ3n) is 4.03. The van der Waals surface area contributed by atoms with Gasteiger partial charge in [-0.3, -0.25) is 9.30 Å². The number of hydrogen-bond donors (Lipinski definition) is 1. The maximum Gasteiger partial charge on any atom is 0.350 e. The molecule has 2 aromatic heterocycles. The summed E-state index contributed by atoms with van der Waals surface area (Å²) in [5.74, 6) is 0. The number of fused-ring (bicyclic) bond motifs is 1. The Morgan fingerprint density at radius 2 is 2.30 bits per heavy atom. The van der Waals surface area contributed by atoms with E-state index in [0.717, 1.165) is 19.6 Å². The minimum atomic E-state index is -0.0510. The van der Waals surface area contributed by atoms with Crippen LogP contribution >= 0.6 is 0 Å². The van der Waals surface area contributed by atoms with Crippen LogP contribution in [0.25, 0.3) is 5.65 Å². The first-order valence-electron chi connectivity index (χ1n) is 7.22. The van der Waals surface area contributed by atoms with E-state index in [4.69, 9.17) is 0 Å². The predicted molar refractivity (Wildman–Crippen MR) is 78.0 cm³/mol. The Balaban J connectivity index is 1.71. The molecule has 1 saturated heterocycles. The van der Waals surface area contributed by atoms with Crippen LogP contribution < -0.4 is 11.0 Å². The molecule has 3 heterocycles. The normalized spacial score (nSPS) is 19.9. The van der Waals surface area contributed by atoms with E-state index in [9.17, 15) is 4.79 Å². The maximum atomic E-state index is 12.2. The highest BCUT2D eigenvalue weighted by atomic mass is 16.2. The second-order valence-electron chi connectivity index (χ2n) is 5.32. The molecular weight excluding hydrogens is 254 g/mol. The number of nitrogens with zero attached hydrogens (tertiary/aromatic N) is 4. The molecule has 0 aromatic carbocycles. The van der Waals surface area contributed by atoms with Gasteiger partial charge in [-0.2, -0.15) is 0 Å². The molecule has 1 N–H and O–H groups in total. The number of nitrogens with one attached hydrogen (secondary N) is 1. The molecule has 0 amide bonds. The van der Waals surface area contributed by atoms with Crippen molar-refractivity contribution in [2.45, 2.75) is 25.4 Å². The molecular formula is C14H21N5O. The SMILES string of the molecule is CNCC1CCCN1CCn1nc2ccccn2c1=O. The summed E-state index contributed by atoms with van der Waals surface area (Å²) < 4.78 is 3.17. The summed E-state index contributed by atoms with van der Waals surface area (Å²) in [7, 11) is 1.99. The van der Waals surface area contributed by atoms with E-state index in [2.05, 4.69) is 15.3 Å². The molecule has 3 rings (SSSR count). The lowest BCUT2D eigenvalue weighted by Gasteiger charge is -2.23. The lowest BCUT2D eigenvalue weighted by atomic mass is 10.2. The van der Waals surface area contributed by atoms with Crippen LogP contribution in [0.5, 0.6) is 0 Å². The van der Waals surface area contributed by atoms with E-state index in [-0.39, 0.29) is 5.69 Å². The molecule has 0 spiro atoms. The zero-order valence-electron chi connectivity index (χ0n) is 11.8. The fourth-order valence-electron chi connectivity index (χ4n) is 2.99. The third-order valence-corrected chi connectivity index (χ3v) is 4.03. The Hall–Kier alpha value is -1.66. The third kappa shape index (κ3) is 2.48. The van der Waals surface area contributed by atoms with Gasteiger partial charge in [0.05, 0.1) is 6.54 Å². The van der Waals surface area contributed by atoms with E-state index in [0.29, 0.717) is 18.2 Å². The molecule has 6 nitrogen and oxygen atoms in total. The minimum Gasteiger partial charge on any atom is -0.318 e. The Bertz CT molecular complexity index is 632. The molecule has 0 bridgehead atoms. The molecule has 6 heteroatoms. The van der Waals surface area contributed by atoms with Crippen LogP contribution in [-0.2, 0) is 6.54 Å². The van der Waals surface area contributed by atoms with Crippen molar-refractivity contribution in [1.29, 1.82) is 0 Å². The molecule has 0 aliphatic carbocycles. The Labute approximate surface area is 118 Å². The van der Waals surface area contributed by atoms with Gasteiger partial charge in [-0.1, -0.05) is 6.07 Å². The Morgan fingerprint density at radius 3 is 3.10 bits per heavy atom. The quantitative estimate of drug-likeness (QED) is 0.846. The highest BCUT2D eigenvalue weighted by Crippen LogP contribution is 2.15. The molecule has 1 fully saturated rings. The number of aromatic nitrogens is 3. The first-order chi connectivity index (χ1) is 9.79. The second kappa shape index (κ2) is 5.76. The summed E-state index contributed by atoms with van der Waals surface area (Å²) in [4.78, 5) is 14.6. The van der Waals surface area contributed by atoms with Gasteiger partial charge in [-0.15, -0.1) is 5.10 Å². The van der Waals surface area contributed by atoms with Crippen molar-refractivity contribution in [3.8, 4) is 0 Å². The van der Waals surface area contributed by atoms with Crippen molar-refractivity contribution in [1.82, 2.24) is 24.4 Å². The number of pyridine rings is 1. The average molecular weight is 275 g/mol. The van der Waals surface area contributed by atoms with Gasteiger partial charge in [-0.05, 0) is 38.6 Å². The summed E-state index contributed by atoms with van der Waals surface area (Å²) >= 11 is 0. The van der Waals surface area contributed by atoms with Gasteiger partial charge in [0.1, 0.15) is 0 Å². The first kappa shape index (κ1) is 13.3. The largest absolute Gasteiger partial charge is 0.350 e. The second-order valence-corrected chi connectivity index (χ2v) is 5.32. The van der Waals surface area contributed by atoms with Crippen molar-refractivity contribution < 1.29 is 0 Å². The standard InChI is InChI=1S/C14H21N5O/c1-15-11-12-5-4-7-17(12)9-10-19-14(20)18-8-3-2-6-13(18)16-19/h2-3,6,8,12,15H,4-5,7,9-11H2,1H3. The molecule has 0 radical (unpaired) electrons. The van der Waals surface area contributed by atoms with Crippen molar-refractivity contribution in [3.05, 3.63) is 34.9 Å². The lowest BCUT2D eigenvalue weighted by Crippen LogP contribution is -2.39. The van der Waals surface area contributed by atoms with Gasteiger partial charge < -0.3 is 5.32 Å². The summed E-state index contributed by atoms with van der Waals surface area (Å²) in [5.41, 5.74) is 0.663. The van der Waals surface area contributed by atoms with Crippen molar-refractivity contribution in [2.24, 2.45) is 0 Å². The summed E-state index contributed by atoms with van der Waals surface area (Å²) in [6, 6.07) is 6.20. The molecule has 1 unspecified atom stereocenters. The van der Waals surface area contributed by atoms with Crippen LogP contribution in [0.2, 0.25) is 0 Å². The number of rotatable bonds is 5. The Morgan fingerprint density at radius 1 is 1.40 bits per heavy atom. The van der Waals surface area contributed by atoms with Gasteiger partial charge >= 0.3 is 5.69 Å². The van der Waals surface area contributed by atoms with Gasteiger partial charge in [-0.25, -0.2) is 9.48 Å². The number of likely N-dealkylation sites (tertiary alicyclic amines) is 1. The molecule has 1 aliphatic heterocycles. The molecule has 2 aromatic rings. The predicted octanol–water partition coefficient (Wildman–Crippen LogP) is 0.180. The monoisotopic (exact) mass is 275 g/mol. The van der Waals surface area contributed by atoms with Gasteiger partial charge in [0.2, 0.25) is 0 Å². The van der Waals surface area contributed by atoms with Crippen LogP contribution in [0.15, 0.2) is 29.2 Å². The van der Waals surface area contributed by atoms with Crippen LogP contribution in [0.1, 0.15) is 12.8 Å². The van der Waals surface area contributed by atoms with E-state index >= 15 is 0 Å². The summed E-state index contributed by atoms with van der Waals surface area (Å²) in [6.07, 6.45) is 4.24. The molecule has 108 valence electrons. The van der Waals surface area contributed by atoms with Crippen molar-refractivity contribution in [2.75, 3.05) is 26.7 Å². The zero-order valence-corrected chi connectivity index (χ0v) is 11.8. The Kier molecular flexibility index (Phi) is 3.84. The van der Waals surface area contributed by atoms with Crippen LogP contribution in [0, 0.1) is 0 Å². The van der Waals surface area contributed by atoms with Crippen molar-refractivity contribution in [3.63, 3.8) is 0 Å². The van der Waals surface area contributed by atoms with Crippen LogP contribution in [-0.4, -0.2) is 51.8 Å². The maximum absolute atomic E-state index is 12.2. The minimum absolute atomic E-state index is 0.0510. The fourth-order valence-corrected chi connectivity index (χ4v) is 2.99. The van der Waals surface area contributed by atoms with E-state index in [1.54, 1.807) is 15.3 Å². The zero-order chi connectivity index (χ0) is 13.9. The number of hydrogen-bond acceptors (Lipinski definition) is 4. The highest BCUT2D eigenvalue weighted by molar-refractivity contribution is 5.35. The first-order valence-corrected chi connectivity index (χ1v) is 7.22. The van der Waals surface area contributed by atoms with Gasteiger partial charge in [0.15, 0.2) is 5.65 Å². The lowest BCUT2D eigenvalue weighted by molar-refractivity contribution is 0.236. The van der Waals surface area contributed by atoms with Crippen LogP contribution in [0.4, 0.5) is 0 Å². The molecule has 20 heavy (non-hydrogen) atoms. The smallest absolute Gasteiger partial charge is 0.318 e. The van der Waals surface area contributed by atoms with Crippen LogP contribution in [0.3, 0.4) is 0 Å². The fraction of sp³-hybridized carbons (Fsp3) is 0.571. The van der Waals surface area contributed by atoms with E-state index in [1.165, 1.54) is 12.8 Å². The molecule has 1 atom stereocenters. The van der Waals surface area contributed by atoms with Gasteiger partial charge in [0.25, 0.3) is 0 Å². The van der Waals surface area contributed by atoms with E-state index in [1.807, 2.05) is 25.2 Å². The highest BCUT2D eigenvalue weighted by Gasteiger charge is 2.23. The average Bonchev–Trinajstić information content (AvgIpc) is 3.03.